The molecule has 2 aromatic rings. The molecule has 18 heavy (non-hydrogen) atoms. The van der Waals surface area contributed by atoms with Gasteiger partial charge in [0.05, 0.1) is 11.6 Å². The third-order valence-corrected chi connectivity index (χ3v) is 3.26. The number of amides is 1. The van der Waals surface area contributed by atoms with Crippen molar-refractivity contribution < 1.29 is 4.79 Å². The fourth-order valence-corrected chi connectivity index (χ4v) is 2.16. The molecule has 0 aliphatic rings. The largest absolute Gasteiger partial charge is 0.343 e. The molecule has 0 aliphatic heterocycles. The number of nitrogens with one attached hydrogen (secondary N) is 1. The number of hydrogen-bond donors (Lipinski definition) is 2. The molecule has 7 nitrogen and oxygen atoms in total. The highest BCUT2D eigenvalue weighted by atomic mass is 32.1. The normalized spacial score (nSPS) is 10.6. The maximum absolute atomic E-state index is 11.8. The highest BCUT2D eigenvalue weighted by molar-refractivity contribution is 7.09. The first-order valence-corrected chi connectivity index (χ1v) is 6.34. The minimum absolute atomic E-state index is 0.211. The van der Waals surface area contributed by atoms with Crippen molar-refractivity contribution in [2.24, 2.45) is 12.8 Å². The van der Waals surface area contributed by atoms with Gasteiger partial charge < -0.3 is 15.6 Å². The van der Waals surface area contributed by atoms with E-state index in [0.29, 0.717) is 31.0 Å². The number of nitrogens with zero attached hydrogens (tertiary/aromatic N) is 4. The highest BCUT2D eigenvalue weighted by Gasteiger charge is 2.11. The Morgan fingerprint density at radius 1 is 1.61 bits per heavy atom. The van der Waals surface area contributed by atoms with Gasteiger partial charge in [-0.05, 0) is 6.54 Å². The molecule has 3 N–H and O–H groups in total. The number of rotatable bonds is 5. The van der Waals surface area contributed by atoms with Crippen LogP contribution in [0.4, 0.5) is 0 Å². The Bertz CT molecular complexity index is 534. The number of thiazole rings is 1. The first kappa shape index (κ1) is 12.7. The SMILES string of the molecule is Cn1cnnc1CNC(=O)c1csc(CCN)n1. The van der Waals surface area contributed by atoms with Crippen molar-refractivity contribution >= 4 is 17.2 Å². The second kappa shape index (κ2) is 5.69. The maximum Gasteiger partial charge on any atom is 0.271 e. The Morgan fingerprint density at radius 2 is 2.44 bits per heavy atom. The van der Waals surface area contributed by atoms with E-state index >= 15 is 0 Å². The topological polar surface area (TPSA) is 98.7 Å². The lowest BCUT2D eigenvalue weighted by Crippen LogP contribution is -2.24. The molecule has 96 valence electrons. The van der Waals surface area contributed by atoms with Crippen molar-refractivity contribution in [3.05, 3.63) is 28.2 Å². The van der Waals surface area contributed by atoms with Crippen LogP contribution in [-0.4, -0.2) is 32.2 Å². The third kappa shape index (κ3) is 2.90. The summed E-state index contributed by atoms with van der Waals surface area (Å²) in [5, 5.41) is 13.0. The minimum atomic E-state index is -0.211. The van der Waals surface area contributed by atoms with E-state index in [1.54, 1.807) is 16.3 Å². The molecule has 8 heteroatoms. The molecular weight excluding hydrogens is 252 g/mol. The monoisotopic (exact) mass is 266 g/mol. The number of carbonyl (C=O) groups is 1. The number of aryl methyl sites for hydroxylation is 1. The van der Waals surface area contributed by atoms with E-state index in [1.807, 2.05) is 7.05 Å². The highest BCUT2D eigenvalue weighted by Crippen LogP contribution is 2.09. The lowest BCUT2D eigenvalue weighted by atomic mass is 10.4. The maximum atomic E-state index is 11.8. The quantitative estimate of drug-likeness (QED) is 0.774. The van der Waals surface area contributed by atoms with E-state index in [9.17, 15) is 4.79 Å². The van der Waals surface area contributed by atoms with Gasteiger partial charge in [0, 0.05) is 18.8 Å². The zero-order valence-corrected chi connectivity index (χ0v) is 10.8. The van der Waals surface area contributed by atoms with Gasteiger partial charge >= 0.3 is 0 Å². The number of carbonyl (C=O) groups excluding carboxylic acids is 1. The molecule has 2 heterocycles. The van der Waals surface area contributed by atoms with E-state index in [4.69, 9.17) is 5.73 Å². The van der Waals surface area contributed by atoms with Crippen LogP contribution in [0.5, 0.6) is 0 Å². The Labute approximate surface area is 108 Å². The van der Waals surface area contributed by atoms with Crippen LogP contribution < -0.4 is 11.1 Å². The van der Waals surface area contributed by atoms with Crippen LogP contribution in [0.25, 0.3) is 0 Å². The van der Waals surface area contributed by atoms with Gasteiger partial charge in [-0.3, -0.25) is 4.79 Å². The lowest BCUT2D eigenvalue weighted by molar-refractivity contribution is 0.0945. The van der Waals surface area contributed by atoms with E-state index in [2.05, 4.69) is 20.5 Å². The smallest absolute Gasteiger partial charge is 0.271 e. The minimum Gasteiger partial charge on any atom is -0.343 e. The number of hydrogen-bond acceptors (Lipinski definition) is 6. The zero-order chi connectivity index (χ0) is 13.0. The van der Waals surface area contributed by atoms with E-state index in [0.717, 1.165) is 5.01 Å². The third-order valence-electron chi connectivity index (χ3n) is 2.35. The Morgan fingerprint density at radius 3 is 3.11 bits per heavy atom. The average Bonchev–Trinajstić information content (AvgIpc) is 2.96. The van der Waals surface area contributed by atoms with Crippen LogP contribution in [0.15, 0.2) is 11.7 Å². The van der Waals surface area contributed by atoms with Crippen molar-refractivity contribution in [3.8, 4) is 0 Å². The van der Waals surface area contributed by atoms with Gasteiger partial charge in [-0.1, -0.05) is 0 Å². The van der Waals surface area contributed by atoms with Gasteiger partial charge in [0.2, 0.25) is 0 Å². The van der Waals surface area contributed by atoms with Crippen molar-refractivity contribution in [2.45, 2.75) is 13.0 Å². The zero-order valence-electron chi connectivity index (χ0n) is 9.96. The van der Waals surface area contributed by atoms with Crippen LogP contribution in [0.3, 0.4) is 0 Å². The van der Waals surface area contributed by atoms with Crippen LogP contribution in [-0.2, 0) is 20.0 Å². The molecule has 0 radical (unpaired) electrons. The molecule has 0 aliphatic carbocycles. The van der Waals surface area contributed by atoms with Gasteiger partial charge in [-0.15, -0.1) is 21.5 Å². The van der Waals surface area contributed by atoms with E-state index < -0.39 is 0 Å². The fourth-order valence-electron chi connectivity index (χ4n) is 1.37. The molecule has 2 aromatic heterocycles. The van der Waals surface area contributed by atoms with Gasteiger partial charge in [-0.25, -0.2) is 4.98 Å². The number of aromatic nitrogens is 4. The summed E-state index contributed by atoms with van der Waals surface area (Å²) in [6, 6.07) is 0. The number of nitrogens with two attached hydrogens (primary N) is 1. The first-order valence-electron chi connectivity index (χ1n) is 5.46. The summed E-state index contributed by atoms with van der Waals surface area (Å²) in [6.07, 6.45) is 2.28. The Balaban J connectivity index is 1.93. The van der Waals surface area contributed by atoms with Crippen LogP contribution in [0.2, 0.25) is 0 Å². The van der Waals surface area contributed by atoms with Crippen LogP contribution in [0, 0.1) is 0 Å². The summed E-state index contributed by atoms with van der Waals surface area (Å²) >= 11 is 1.44. The molecule has 0 atom stereocenters. The van der Waals surface area contributed by atoms with Crippen molar-refractivity contribution in [2.75, 3.05) is 6.54 Å². The summed E-state index contributed by atoms with van der Waals surface area (Å²) in [5.41, 5.74) is 5.86. The standard InChI is InChI=1S/C10H14N6OS/c1-16-6-13-15-8(16)4-12-10(17)7-5-18-9(14-7)2-3-11/h5-6H,2-4,11H2,1H3,(H,12,17). The van der Waals surface area contributed by atoms with Crippen LogP contribution >= 0.6 is 11.3 Å². The summed E-state index contributed by atoms with van der Waals surface area (Å²) in [4.78, 5) is 16.0. The van der Waals surface area contributed by atoms with Gasteiger partial charge in [0.25, 0.3) is 5.91 Å². The second-order valence-corrected chi connectivity index (χ2v) is 4.65. The van der Waals surface area contributed by atoms with Gasteiger partial charge in [-0.2, -0.15) is 0 Å². The summed E-state index contributed by atoms with van der Waals surface area (Å²) < 4.78 is 1.75. The summed E-state index contributed by atoms with van der Waals surface area (Å²) in [7, 11) is 1.82. The van der Waals surface area contributed by atoms with Gasteiger partial charge in [0.15, 0.2) is 5.82 Å². The second-order valence-electron chi connectivity index (χ2n) is 3.71. The Hall–Kier alpha value is -1.80. The van der Waals surface area contributed by atoms with Crippen molar-refractivity contribution in [1.82, 2.24) is 25.1 Å². The van der Waals surface area contributed by atoms with Crippen molar-refractivity contribution in [3.63, 3.8) is 0 Å². The molecule has 0 saturated heterocycles. The molecule has 0 unspecified atom stereocenters. The van der Waals surface area contributed by atoms with Crippen molar-refractivity contribution in [1.29, 1.82) is 0 Å². The summed E-state index contributed by atoms with van der Waals surface area (Å²) in [5.74, 6) is 0.485. The molecule has 2 rings (SSSR count). The van der Waals surface area contributed by atoms with E-state index in [1.165, 1.54) is 11.3 Å². The molecule has 1 amide bonds. The van der Waals surface area contributed by atoms with Gasteiger partial charge in [0.1, 0.15) is 12.0 Å². The van der Waals surface area contributed by atoms with E-state index in [-0.39, 0.29) is 5.91 Å². The predicted octanol–water partition coefficient (Wildman–Crippen LogP) is -0.297. The fraction of sp³-hybridized carbons (Fsp3) is 0.400. The summed E-state index contributed by atoms with van der Waals surface area (Å²) in [6.45, 7) is 0.868. The molecule has 0 aromatic carbocycles. The average molecular weight is 266 g/mol. The lowest BCUT2D eigenvalue weighted by Gasteiger charge is -2.02. The molecule has 0 saturated carbocycles. The molecular formula is C10H14N6OS. The molecule has 0 fully saturated rings. The first-order chi connectivity index (χ1) is 8.70. The molecule has 0 bridgehead atoms. The van der Waals surface area contributed by atoms with Crippen LogP contribution in [0.1, 0.15) is 21.3 Å². The predicted molar refractivity (Wildman–Crippen MR) is 67.0 cm³/mol. The molecule has 0 spiro atoms. The Kier molecular flexibility index (Phi) is 4.00.